The van der Waals surface area contributed by atoms with Gasteiger partial charge in [-0.3, -0.25) is 9.59 Å². The van der Waals surface area contributed by atoms with E-state index in [-0.39, 0.29) is 32.3 Å². The van der Waals surface area contributed by atoms with Crippen LogP contribution in [0.15, 0.2) is 59.5 Å². The molecule has 2 heterocycles. The first kappa shape index (κ1) is 27.8. The maximum atomic E-state index is 15.6. The standard InChI is InChI=1S/C28H26Cl2F2N4O2/c1-27(2,3)13-21-28(14-33,18-8-7-15(29)11-20(18)31)23(17-5-4-6-19(30)24(17)32)25(36-21)26(38)35-16-9-10-34-22(37)12-16/h4-12,21,23,25,36H,13H2,1-3H3,(H2,34,35,37,38)/t21-,23-,25+,28-/m0/s1. The fraction of sp³-hybridized carbons (Fsp3) is 0.321. The summed E-state index contributed by atoms with van der Waals surface area (Å²) in [7, 11) is 0. The molecule has 1 amide bonds. The van der Waals surface area contributed by atoms with E-state index in [9.17, 15) is 14.9 Å². The number of nitriles is 1. The van der Waals surface area contributed by atoms with Crippen molar-refractivity contribution in [2.75, 3.05) is 5.32 Å². The van der Waals surface area contributed by atoms with Gasteiger partial charge >= 0.3 is 0 Å². The fourth-order valence-electron chi connectivity index (χ4n) is 5.30. The Morgan fingerprint density at radius 2 is 1.89 bits per heavy atom. The number of aromatic amines is 1. The van der Waals surface area contributed by atoms with E-state index in [1.165, 1.54) is 48.7 Å². The SMILES string of the molecule is CC(C)(C)C[C@@H]1N[C@@H](C(=O)Nc2cc[nH]c(=O)c2)[C@H](c2cccc(Cl)c2F)[C@@]1(C#N)c1ccc(Cl)cc1F. The number of rotatable bonds is 5. The highest BCUT2D eigenvalue weighted by Crippen LogP contribution is 2.52. The minimum Gasteiger partial charge on any atom is -0.329 e. The minimum absolute atomic E-state index is 0.0108. The Bertz CT molecular complexity index is 1480. The molecule has 0 spiro atoms. The number of anilines is 1. The van der Waals surface area contributed by atoms with Crippen molar-refractivity contribution >= 4 is 34.8 Å². The van der Waals surface area contributed by atoms with Gasteiger partial charge in [-0.2, -0.15) is 5.26 Å². The van der Waals surface area contributed by atoms with Crippen molar-refractivity contribution in [1.29, 1.82) is 5.26 Å². The summed E-state index contributed by atoms with van der Waals surface area (Å²) in [5, 5.41) is 16.7. The second-order valence-corrected chi connectivity index (χ2v) is 11.5. The number of pyridine rings is 1. The Balaban J connectivity index is 1.98. The predicted octanol–water partition coefficient (Wildman–Crippen LogP) is 5.92. The molecule has 3 aromatic rings. The van der Waals surface area contributed by atoms with Gasteiger partial charge in [-0.15, -0.1) is 0 Å². The van der Waals surface area contributed by atoms with Gasteiger partial charge < -0.3 is 15.6 Å². The molecule has 3 N–H and O–H groups in total. The molecule has 38 heavy (non-hydrogen) atoms. The van der Waals surface area contributed by atoms with E-state index in [1.807, 2.05) is 20.8 Å². The summed E-state index contributed by atoms with van der Waals surface area (Å²) in [6, 6.07) is 11.3. The second-order valence-electron chi connectivity index (χ2n) is 10.6. The number of amides is 1. The van der Waals surface area contributed by atoms with Gasteiger partial charge in [-0.1, -0.05) is 62.2 Å². The molecule has 198 valence electrons. The maximum absolute atomic E-state index is 15.6. The molecule has 0 bridgehead atoms. The summed E-state index contributed by atoms with van der Waals surface area (Å²) in [5.41, 5.74) is -2.34. The molecule has 0 unspecified atom stereocenters. The zero-order valence-corrected chi connectivity index (χ0v) is 22.4. The summed E-state index contributed by atoms with van der Waals surface area (Å²) >= 11 is 12.2. The summed E-state index contributed by atoms with van der Waals surface area (Å²) in [6.45, 7) is 5.86. The van der Waals surface area contributed by atoms with E-state index in [0.717, 1.165) is 6.07 Å². The highest BCUT2D eigenvalue weighted by Gasteiger charge is 2.61. The lowest BCUT2D eigenvalue weighted by Gasteiger charge is -2.37. The first-order valence-electron chi connectivity index (χ1n) is 11.9. The molecule has 1 aliphatic rings. The van der Waals surface area contributed by atoms with Crippen LogP contribution in [0.1, 0.15) is 44.2 Å². The molecule has 0 aliphatic carbocycles. The molecule has 6 nitrogen and oxygen atoms in total. The monoisotopic (exact) mass is 558 g/mol. The highest BCUT2D eigenvalue weighted by atomic mass is 35.5. The van der Waals surface area contributed by atoms with Crippen molar-refractivity contribution in [3.63, 3.8) is 0 Å². The Hall–Kier alpha value is -3.25. The number of carbonyl (C=O) groups excluding carboxylic acids is 1. The number of benzene rings is 2. The van der Waals surface area contributed by atoms with E-state index in [1.54, 1.807) is 0 Å². The summed E-state index contributed by atoms with van der Waals surface area (Å²) in [5.74, 6) is -3.37. The van der Waals surface area contributed by atoms with E-state index in [2.05, 4.69) is 21.7 Å². The van der Waals surface area contributed by atoms with E-state index < -0.39 is 46.5 Å². The van der Waals surface area contributed by atoms with Crippen LogP contribution < -0.4 is 16.2 Å². The van der Waals surface area contributed by atoms with Crippen LogP contribution >= 0.6 is 23.2 Å². The van der Waals surface area contributed by atoms with Gasteiger partial charge in [-0.25, -0.2) is 8.78 Å². The van der Waals surface area contributed by atoms with Gasteiger partial charge in [0.2, 0.25) is 11.5 Å². The third-order valence-corrected chi connectivity index (χ3v) is 7.30. The predicted molar refractivity (Wildman–Crippen MR) is 143 cm³/mol. The number of halogens is 4. The van der Waals surface area contributed by atoms with Gasteiger partial charge in [0.25, 0.3) is 0 Å². The molecule has 10 heteroatoms. The van der Waals surface area contributed by atoms with Crippen molar-refractivity contribution in [1.82, 2.24) is 10.3 Å². The minimum atomic E-state index is -1.73. The fourth-order valence-corrected chi connectivity index (χ4v) is 5.64. The molecule has 1 fully saturated rings. The van der Waals surface area contributed by atoms with E-state index in [0.29, 0.717) is 6.42 Å². The van der Waals surface area contributed by atoms with Crippen LogP contribution in [0.3, 0.4) is 0 Å². The average Bonchev–Trinajstić information content (AvgIpc) is 3.14. The Morgan fingerprint density at radius 3 is 2.53 bits per heavy atom. The van der Waals surface area contributed by atoms with Gasteiger partial charge in [0.1, 0.15) is 17.0 Å². The van der Waals surface area contributed by atoms with Crippen LogP contribution in [-0.4, -0.2) is 23.0 Å². The van der Waals surface area contributed by atoms with Crippen LogP contribution in [0, 0.1) is 28.4 Å². The largest absolute Gasteiger partial charge is 0.329 e. The van der Waals surface area contributed by atoms with Gasteiger partial charge in [0.05, 0.1) is 17.1 Å². The average molecular weight is 559 g/mol. The third-order valence-electron chi connectivity index (χ3n) is 6.77. The van der Waals surface area contributed by atoms with Gasteiger partial charge in [0.15, 0.2) is 0 Å². The van der Waals surface area contributed by atoms with Crippen molar-refractivity contribution < 1.29 is 13.6 Å². The molecule has 1 saturated heterocycles. The van der Waals surface area contributed by atoms with Gasteiger partial charge in [0, 0.05) is 40.5 Å². The summed E-state index contributed by atoms with van der Waals surface area (Å²) < 4.78 is 31.2. The number of nitrogens with zero attached hydrogens (tertiary/aromatic N) is 1. The normalized spacial score (nSPS) is 23.2. The number of hydrogen-bond acceptors (Lipinski definition) is 4. The summed E-state index contributed by atoms with van der Waals surface area (Å²) in [4.78, 5) is 28.0. The van der Waals surface area contributed by atoms with Crippen molar-refractivity contribution in [2.24, 2.45) is 5.41 Å². The number of hydrogen-bond donors (Lipinski definition) is 3. The topological polar surface area (TPSA) is 97.8 Å². The molecular weight excluding hydrogens is 533 g/mol. The Labute approximate surface area is 229 Å². The number of nitrogens with one attached hydrogen (secondary N) is 3. The molecule has 1 aromatic heterocycles. The van der Waals surface area contributed by atoms with E-state index >= 15 is 8.78 Å². The molecule has 0 radical (unpaired) electrons. The van der Waals surface area contributed by atoms with Crippen LogP contribution in [0.2, 0.25) is 10.0 Å². The zero-order chi connectivity index (χ0) is 27.8. The van der Waals surface area contributed by atoms with Crippen LogP contribution in [0.5, 0.6) is 0 Å². The summed E-state index contributed by atoms with van der Waals surface area (Å²) in [6.07, 6.45) is 1.72. The smallest absolute Gasteiger partial charge is 0.249 e. The van der Waals surface area contributed by atoms with E-state index in [4.69, 9.17) is 23.2 Å². The number of H-pyrrole nitrogens is 1. The maximum Gasteiger partial charge on any atom is 0.249 e. The highest BCUT2D eigenvalue weighted by molar-refractivity contribution is 6.31. The molecule has 2 aromatic carbocycles. The molecule has 0 saturated carbocycles. The van der Waals surface area contributed by atoms with Crippen LogP contribution in [0.4, 0.5) is 14.5 Å². The second kappa shape index (κ2) is 10.5. The van der Waals surface area contributed by atoms with Crippen LogP contribution in [0.25, 0.3) is 0 Å². The Kier molecular flexibility index (Phi) is 7.67. The first-order valence-corrected chi connectivity index (χ1v) is 12.7. The molecule has 4 atom stereocenters. The quantitative estimate of drug-likeness (QED) is 0.362. The lowest BCUT2D eigenvalue weighted by molar-refractivity contribution is -0.118. The Morgan fingerprint density at radius 1 is 1.16 bits per heavy atom. The number of carbonyl (C=O) groups is 1. The molecular formula is C28H26Cl2F2N4O2. The zero-order valence-electron chi connectivity index (χ0n) is 20.9. The third kappa shape index (κ3) is 5.19. The van der Waals surface area contributed by atoms with Crippen molar-refractivity contribution in [2.45, 2.75) is 50.6 Å². The lowest BCUT2D eigenvalue weighted by Crippen LogP contribution is -2.45. The number of aromatic nitrogens is 1. The van der Waals surface area contributed by atoms with Crippen LogP contribution in [-0.2, 0) is 10.2 Å². The van der Waals surface area contributed by atoms with Crippen molar-refractivity contribution in [3.8, 4) is 6.07 Å². The molecule has 4 rings (SSSR count). The molecule has 1 aliphatic heterocycles. The van der Waals surface area contributed by atoms with Crippen molar-refractivity contribution in [3.05, 3.63) is 97.9 Å². The first-order chi connectivity index (χ1) is 17.9. The van der Waals surface area contributed by atoms with Gasteiger partial charge in [-0.05, 0) is 41.7 Å². The lowest BCUT2D eigenvalue weighted by atomic mass is 9.62.